The van der Waals surface area contributed by atoms with Gasteiger partial charge in [-0.15, -0.1) is 0 Å². The van der Waals surface area contributed by atoms with E-state index in [0.29, 0.717) is 12.2 Å². The van der Waals surface area contributed by atoms with Crippen LogP contribution >= 0.6 is 0 Å². The molecule has 0 spiro atoms. The van der Waals surface area contributed by atoms with Crippen molar-refractivity contribution in [3.8, 4) is 23.1 Å². The van der Waals surface area contributed by atoms with E-state index in [2.05, 4.69) is 29.8 Å². The van der Waals surface area contributed by atoms with Gasteiger partial charge in [0.2, 0.25) is 5.91 Å². The number of benzene rings is 2. The summed E-state index contributed by atoms with van der Waals surface area (Å²) in [6, 6.07) is 16.1. The van der Waals surface area contributed by atoms with Crippen molar-refractivity contribution in [1.29, 1.82) is 5.26 Å². The Kier molecular flexibility index (Phi) is 5.26. The van der Waals surface area contributed by atoms with Crippen molar-refractivity contribution in [2.75, 3.05) is 11.9 Å². The lowest BCUT2D eigenvalue weighted by molar-refractivity contribution is -0.117. The summed E-state index contributed by atoms with van der Waals surface area (Å²) >= 11 is 0. The van der Waals surface area contributed by atoms with Gasteiger partial charge in [-0.25, -0.2) is 0 Å². The highest BCUT2D eigenvalue weighted by molar-refractivity contribution is 5.96. The van der Waals surface area contributed by atoms with Gasteiger partial charge >= 0.3 is 0 Å². The molecule has 0 aliphatic heterocycles. The Balaban J connectivity index is 1.73. The number of ether oxygens (including phenoxy) is 1. The van der Waals surface area contributed by atoms with Crippen molar-refractivity contribution in [3.63, 3.8) is 0 Å². The summed E-state index contributed by atoms with van der Waals surface area (Å²) in [6.45, 7) is 5.57. The van der Waals surface area contributed by atoms with Gasteiger partial charge in [-0.2, -0.15) is 5.26 Å². The topological polar surface area (TPSA) is 67.0 Å². The predicted molar refractivity (Wildman–Crippen MR) is 115 cm³/mol. The van der Waals surface area contributed by atoms with Crippen molar-refractivity contribution >= 4 is 22.5 Å². The summed E-state index contributed by atoms with van der Waals surface area (Å²) < 4.78 is 7.95. The van der Waals surface area contributed by atoms with Gasteiger partial charge in [0.05, 0.1) is 23.4 Å². The molecule has 0 atom stereocenters. The largest absolute Gasteiger partial charge is 0.494 e. The smallest absolute Gasteiger partial charge is 0.227 e. The van der Waals surface area contributed by atoms with E-state index in [0.717, 1.165) is 59.4 Å². The number of aryl methyl sites for hydroxylation is 1. The van der Waals surface area contributed by atoms with E-state index in [1.165, 1.54) is 0 Å². The molecule has 1 N–H and O–H groups in total. The summed E-state index contributed by atoms with van der Waals surface area (Å²) in [5.74, 6) is 1.09. The molecular weight excluding hydrogens is 362 g/mol. The number of nitrogens with one attached hydrogen (secondary N) is 1. The first-order valence-corrected chi connectivity index (χ1v) is 10.3. The average Bonchev–Trinajstić information content (AvgIpc) is 3.55. The number of aromatic nitrogens is 1. The van der Waals surface area contributed by atoms with E-state index in [-0.39, 0.29) is 11.8 Å². The molecule has 2 aromatic carbocycles. The fourth-order valence-corrected chi connectivity index (χ4v) is 3.68. The number of nitriles is 1. The van der Waals surface area contributed by atoms with Crippen LogP contribution in [0.5, 0.6) is 5.75 Å². The minimum Gasteiger partial charge on any atom is -0.494 e. The van der Waals surface area contributed by atoms with Gasteiger partial charge in [0.1, 0.15) is 11.8 Å². The van der Waals surface area contributed by atoms with Crippen LogP contribution in [-0.4, -0.2) is 17.1 Å². The van der Waals surface area contributed by atoms with E-state index in [4.69, 9.17) is 4.74 Å². The Morgan fingerprint density at radius 2 is 1.97 bits per heavy atom. The Bertz CT molecular complexity index is 1090. The average molecular weight is 387 g/mol. The Hall–Kier alpha value is -3.26. The first kappa shape index (κ1) is 19.1. The number of nitrogens with zero attached hydrogens (tertiary/aromatic N) is 2. The molecule has 1 fully saturated rings. The quantitative estimate of drug-likeness (QED) is 0.595. The zero-order valence-electron chi connectivity index (χ0n) is 16.9. The molecule has 1 heterocycles. The van der Waals surface area contributed by atoms with Gasteiger partial charge in [0.15, 0.2) is 0 Å². The Labute approximate surface area is 170 Å². The normalized spacial score (nSPS) is 13.3. The van der Waals surface area contributed by atoms with Gasteiger partial charge < -0.3 is 14.6 Å². The van der Waals surface area contributed by atoms with Crippen LogP contribution in [0, 0.1) is 17.2 Å². The number of hydrogen-bond acceptors (Lipinski definition) is 3. The lowest BCUT2D eigenvalue weighted by Crippen LogP contribution is -2.13. The molecule has 1 aliphatic rings. The molecule has 0 bridgehead atoms. The number of rotatable bonds is 7. The third kappa shape index (κ3) is 3.71. The molecule has 5 heteroatoms. The van der Waals surface area contributed by atoms with E-state index in [1.54, 1.807) is 0 Å². The summed E-state index contributed by atoms with van der Waals surface area (Å²) in [5, 5.41) is 13.8. The highest BCUT2D eigenvalue weighted by Crippen LogP contribution is 2.36. The number of carbonyl (C=O) groups excluding carboxylic acids is 1. The highest BCUT2D eigenvalue weighted by Gasteiger charge is 2.29. The SMILES string of the molecule is CCCOc1ccc2c(C#N)c(-c3ccc(NC(=O)C4CC4)cc3)n(CC)c2c1. The van der Waals surface area contributed by atoms with Crippen molar-refractivity contribution in [2.45, 2.75) is 39.7 Å². The van der Waals surface area contributed by atoms with E-state index in [9.17, 15) is 10.1 Å². The van der Waals surface area contributed by atoms with Gasteiger partial charge in [-0.05, 0) is 56.0 Å². The van der Waals surface area contributed by atoms with E-state index < -0.39 is 0 Å². The Morgan fingerprint density at radius 3 is 2.59 bits per heavy atom. The maximum Gasteiger partial charge on any atom is 0.227 e. The predicted octanol–water partition coefficient (Wildman–Crippen LogP) is 5.34. The molecule has 0 unspecified atom stereocenters. The van der Waals surface area contributed by atoms with Gasteiger partial charge in [-0.1, -0.05) is 19.1 Å². The monoisotopic (exact) mass is 387 g/mol. The first-order chi connectivity index (χ1) is 14.2. The second-order valence-corrected chi connectivity index (χ2v) is 7.45. The van der Waals surface area contributed by atoms with Crippen LogP contribution in [0.4, 0.5) is 5.69 Å². The Morgan fingerprint density at radius 1 is 1.21 bits per heavy atom. The van der Waals surface area contributed by atoms with Crippen molar-refractivity contribution < 1.29 is 9.53 Å². The third-order valence-corrected chi connectivity index (χ3v) is 5.31. The zero-order valence-corrected chi connectivity index (χ0v) is 16.9. The summed E-state index contributed by atoms with van der Waals surface area (Å²) in [7, 11) is 0. The van der Waals surface area contributed by atoms with E-state index in [1.807, 2.05) is 42.5 Å². The second-order valence-electron chi connectivity index (χ2n) is 7.45. The van der Waals surface area contributed by atoms with E-state index >= 15 is 0 Å². The van der Waals surface area contributed by atoms with Crippen LogP contribution in [0.25, 0.3) is 22.2 Å². The molecule has 0 saturated heterocycles. The van der Waals surface area contributed by atoms with Crippen LogP contribution < -0.4 is 10.1 Å². The fourth-order valence-electron chi connectivity index (χ4n) is 3.68. The summed E-state index contributed by atoms with van der Waals surface area (Å²) in [6.07, 6.45) is 2.91. The molecule has 0 radical (unpaired) electrons. The highest BCUT2D eigenvalue weighted by atomic mass is 16.5. The molecule has 148 valence electrons. The molecule has 3 aromatic rings. The van der Waals surface area contributed by atoms with Crippen molar-refractivity contribution in [3.05, 3.63) is 48.0 Å². The number of fused-ring (bicyclic) bond motifs is 1. The van der Waals surface area contributed by atoms with Gasteiger partial charge in [-0.3, -0.25) is 4.79 Å². The third-order valence-electron chi connectivity index (χ3n) is 5.31. The molecule has 29 heavy (non-hydrogen) atoms. The maximum atomic E-state index is 12.0. The van der Waals surface area contributed by atoms with Crippen LogP contribution in [-0.2, 0) is 11.3 Å². The summed E-state index contributed by atoms with van der Waals surface area (Å²) in [4.78, 5) is 12.0. The number of anilines is 1. The maximum absolute atomic E-state index is 12.0. The van der Waals surface area contributed by atoms with Gasteiger partial charge in [0.25, 0.3) is 0 Å². The summed E-state index contributed by atoms with van der Waals surface area (Å²) in [5.41, 5.74) is 4.31. The fraction of sp³-hybridized carbons (Fsp3) is 0.333. The van der Waals surface area contributed by atoms with Gasteiger partial charge in [0, 0.05) is 29.6 Å². The molecule has 1 amide bonds. The number of hydrogen-bond donors (Lipinski definition) is 1. The minimum atomic E-state index is 0.0951. The molecular formula is C24H25N3O2. The number of carbonyl (C=O) groups is 1. The van der Waals surface area contributed by atoms with Crippen LogP contribution in [0.2, 0.25) is 0 Å². The van der Waals surface area contributed by atoms with Crippen molar-refractivity contribution in [2.24, 2.45) is 5.92 Å². The lowest BCUT2D eigenvalue weighted by Gasteiger charge is -2.11. The van der Waals surface area contributed by atoms with Crippen LogP contribution in [0.15, 0.2) is 42.5 Å². The second kappa shape index (κ2) is 8.00. The molecule has 4 rings (SSSR count). The van der Waals surface area contributed by atoms with Crippen molar-refractivity contribution in [1.82, 2.24) is 4.57 Å². The first-order valence-electron chi connectivity index (χ1n) is 10.3. The lowest BCUT2D eigenvalue weighted by atomic mass is 10.1. The number of amides is 1. The zero-order chi connectivity index (χ0) is 20.4. The molecule has 1 saturated carbocycles. The standard InChI is InChI=1S/C24H25N3O2/c1-3-13-29-19-11-12-20-21(15-25)23(27(4-2)22(20)14-19)16-7-9-18(10-8-16)26-24(28)17-5-6-17/h7-12,14,17H,3-6,13H2,1-2H3,(H,26,28). The van der Waals surface area contributed by atoms with Crippen LogP contribution in [0.1, 0.15) is 38.7 Å². The van der Waals surface area contributed by atoms with Crippen LogP contribution in [0.3, 0.4) is 0 Å². The molecule has 1 aliphatic carbocycles. The minimum absolute atomic E-state index is 0.0951. The molecule has 1 aromatic heterocycles. The molecule has 5 nitrogen and oxygen atoms in total.